The Morgan fingerprint density at radius 2 is 2.18 bits per heavy atom. The van der Waals surface area contributed by atoms with Gasteiger partial charge in [-0.25, -0.2) is 19.1 Å². The van der Waals surface area contributed by atoms with E-state index in [-0.39, 0.29) is 6.61 Å². The van der Waals surface area contributed by atoms with Crippen LogP contribution >= 0.6 is 0 Å². The van der Waals surface area contributed by atoms with Gasteiger partial charge in [0.1, 0.15) is 11.8 Å². The molecule has 1 aromatic heterocycles. The van der Waals surface area contributed by atoms with E-state index >= 15 is 0 Å². The van der Waals surface area contributed by atoms with Gasteiger partial charge in [-0.1, -0.05) is 0 Å². The van der Waals surface area contributed by atoms with Crippen molar-refractivity contribution in [1.29, 1.82) is 0 Å². The standard InChI is InChI=1S/C13H18F2N4O8S/c14-13(15)3-4-19(12(21)18-27-28(22,23)24)9(6-13)11(20)17-26-7-8(16)10-2-1-5-25-10/h1-2,5,8-9H,3-4,6-7,16H2,(H,17,20)(H,18,21)(H,22,23,24)/t8?,9-/m0/s1. The number of nitrogens with zero attached hydrogens (tertiary/aromatic N) is 1. The Morgan fingerprint density at radius 3 is 2.79 bits per heavy atom. The first-order valence-electron chi connectivity index (χ1n) is 7.79. The fraction of sp³-hybridized carbons (Fsp3) is 0.538. The Morgan fingerprint density at radius 1 is 1.46 bits per heavy atom. The smallest absolute Gasteiger partial charge is 0.418 e. The molecule has 5 N–H and O–H groups in total. The predicted octanol–water partition coefficient (Wildman–Crippen LogP) is -0.129. The summed E-state index contributed by atoms with van der Waals surface area (Å²) in [4.78, 5) is 29.6. The molecule has 0 saturated carbocycles. The second kappa shape index (κ2) is 8.78. The van der Waals surface area contributed by atoms with E-state index in [1.54, 1.807) is 12.1 Å². The van der Waals surface area contributed by atoms with Crippen LogP contribution in [-0.2, 0) is 24.3 Å². The number of hydroxylamine groups is 2. The summed E-state index contributed by atoms with van der Waals surface area (Å²) in [7, 11) is -5.02. The van der Waals surface area contributed by atoms with Crippen LogP contribution in [0.2, 0.25) is 0 Å². The molecule has 3 amide bonds. The maximum absolute atomic E-state index is 13.7. The van der Waals surface area contributed by atoms with Crippen LogP contribution in [0.1, 0.15) is 24.6 Å². The number of halogens is 2. The number of furan rings is 1. The van der Waals surface area contributed by atoms with Crippen molar-refractivity contribution in [3.63, 3.8) is 0 Å². The molecule has 0 spiro atoms. The Balaban J connectivity index is 1.96. The fourth-order valence-corrected chi connectivity index (χ4v) is 2.59. The summed E-state index contributed by atoms with van der Waals surface area (Å²) >= 11 is 0. The molecule has 0 aromatic carbocycles. The maximum atomic E-state index is 13.7. The van der Waals surface area contributed by atoms with Crippen LogP contribution in [0.5, 0.6) is 0 Å². The highest BCUT2D eigenvalue weighted by atomic mass is 32.3. The summed E-state index contributed by atoms with van der Waals surface area (Å²) < 4.78 is 65.5. The van der Waals surface area contributed by atoms with Crippen molar-refractivity contribution in [3.05, 3.63) is 24.2 Å². The summed E-state index contributed by atoms with van der Waals surface area (Å²) in [6.45, 7) is -0.835. The highest BCUT2D eigenvalue weighted by Crippen LogP contribution is 2.32. The Bertz CT molecular complexity index is 788. The maximum Gasteiger partial charge on any atom is 0.418 e. The van der Waals surface area contributed by atoms with Gasteiger partial charge in [0.2, 0.25) is 0 Å². The van der Waals surface area contributed by atoms with E-state index in [9.17, 15) is 26.8 Å². The first-order valence-corrected chi connectivity index (χ1v) is 9.16. The number of nitrogens with one attached hydrogen (secondary N) is 2. The number of carbonyl (C=O) groups excluding carboxylic acids is 2. The van der Waals surface area contributed by atoms with Crippen molar-refractivity contribution in [3.8, 4) is 0 Å². The first-order chi connectivity index (χ1) is 13.0. The molecular formula is C13H18F2N4O8S. The number of rotatable bonds is 7. The minimum Gasteiger partial charge on any atom is -0.468 e. The summed E-state index contributed by atoms with van der Waals surface area (Å²) in [5, 5.41) is 0. The second-order valence-electron chi connectivity index (χ2n) is 5.84. The lowest BCUT2D eigenvalue weighted by atomic mass is 9.98. The number of hydrogen-bond donors (Lipinski definition) is 4. The zero-order valence-corrected chi connectivity index (χ0v) is 15.0. The zero-order valence-electron chi connectivity index (χ0n) is 14.2. The van der Waals surface area contributed by atoms with Crippen molar-refractivity contribution in [2.24, 2.45) is 5.73 Å². The molecule has 1 saturated heterocycles. The summed E-state index contributed by atoms with van der Waals surface area (Å²) in [5.41, 5.74) is 9.01. The molecule has 158 valence electrons. The van der Waals surface area contributed by atoms with Crippen molar-refractivity contribution in [2.75, 3.05) is 13.2 Å². The van der Waals surface area contributed by atoms with Gasteiger partial charge in [-0.15, -0.1) is 4.28 Å². The molecule has 1 aromatic rings. The molecule has 0 radical (unpaired) electrons. The summed E-state index contributed by atoms with van der Waals surface area (Å²) in [6, 6.07) is -0.609. The van der Waals surface area contributed by atoms with E-state index < -0.39 is 59.7 Å². The van der Waals surface area contributed by atoms with Gasteiger partial charge in [-0.2, -0.15) is 13.9 Å². The van der Waals surface area contributed by atoms with Crippen LogP contribution in [0.4, 0.5) is 13.6 Å². The Kier molecular flexibility index (Phi) is 6.89. The van der Waals surface area contributed by atoms with E-state index in [4.69, 9.17) is 19.5 Å². The molecule has 2 atom stereocenters. The third-order valence-electron chi connectivity index (χ3n) is 3.73. The van der Waals surface area contributed by atoms with Crippen LogP contribution in [0.15, 0.2) is 22.8 Å². The molecule has 1 aliphatic heterocycles. The average molecular weight is 428 g/mol. The average Bonchev–Trinajstić information content (AvgIpc) is 3.12. The van der Waals surface area contributed by atoms with Crippen LogP contribution in [-0.4, -0.2) is 54.9 Å². The predicted molar refractivity (Wildman–Crippen MR) is 85.6 cm³/mol. The number of amides is 3. The highest BCUT2D eigenvalue weighted by Gasteiger charge is 2.45. The van der Waals surface area contributed by atoms with E-state index in [0.717, 1.165) is 0 Å². The van der Waals surface area contributed by atoms with Gasteiger partial charge >= 0.3 is 16.4 Å². The number of alkyl halides is 2. The van der Waals surface area contributed by atoms with Gasteiger partial charge in [-0.3, -0.25) is 14.2 Å². The minimum atomic E-state index is -5.02. The van der Waals surface area contributed by atoms with Gasteiger partial charge in [-0.05, 0) is 12.1 Å². The van der Waals surface area contributed by atoms with E-state index in [2.05, 4.69) is 4.28 Å². The highest BCUT2D eigenvalue weighted by molar-refractivity contribution is 7.80. The largest absolute Gasteiger partial charge is 0.468 e. The van der Waals surface area contributed by atoms with Gasteiger partial charge in [0.25, 0.3) is 11.8 Å². The van der Waals surface area contributed by atoms with Gasteiger partial charge in [0, 0.05) is 19.4 Å². The molecule has 12 nitrogen and oxygen atoms in total. The van der Waals surface area contributed by atoms with Gasteiger partial charge in [0.05, 0.1) is 18.9 Å². The lowest BCUT2D eigenvalue weighted by Crippen LogP contribution is -2.58. The normalized spacial score (nSPS) is 20.4. The van der Waals surface area contributed by atoms with Crippen molar-refractivity contribution in [2.45, 2.75) is 30.8 Å². The summed E-state index contributed by atoms with van der Waals surface area (Å²) in [5.74, 6) is -3.97. The SMILES string of the molecule is NC(CONC(=O)[C@@H]1CC(F)(F)CCN1C(=O)NOS(=O)(=O)O)c1ccco1. The van der Waals surface area contributed by atoms with E-state index in [0.29, 0.717) is 10.7 Å². The molecule has 2 heterocycles. The van der Waals surface area contributed by atoms with Gasteiger partial charge in [0.15, 0.2) is 0 Å². The molecule has 15 heteroatoms. The number of urea groups is 1. The third-order valence-corrected chi connectivity index (χ3v) is 4.02. The monoisotopic (exact) mass is 428 g/mol. The lowest BCUT2D eigenvalue weighted by molar-refractivity contribution is -0.147. The number of likely N-dealkylation sites (tertiary alicyclic amines) is 1. The van der Waals surface area contributed by atoms with Crippen LogP contribution in [0.25, 0.3) is 0 Å². The van der Waals surface area contributed by atoms with Crippen LogP contribution in [0, 0.1) is 0 Å². The molecule has 28 heavy (non-hydrogen) atoms. The quantitative estimate of drug-likeness (QED) is 0.341. The van der Waals surface area contributed by atoms with Gasteiger partial charge < -0.3 is 15.1 Å². The van der Waals surface area contributed by atoms with Crippen LogP contribution < -0.4 is 16.7 Å². The zero-order chi connectivity index (χ0) is 20.9. The fourth-order valence-electron chi connectivity index (χ4n) is 2.41. The van der Waals surface area contributed by atoms with Crippen molar-refractivity contribution in [1.82, 2.24) is 15.9 Å². The molecule has 2 rings (SSSR count). The molecule has 0 bridgehead atoms. The van der Waals surface area contributed by atoms with Crippen molar-refractivity contribution < 1.29 is 44.9 Å². The lowest BCUT2D eigenvalue weighted by Gasteiger charge is -2.37. The molecule has 1 fully saturated rings. The number of piperidine rings is 1. The first kappa shape index (κ1) is 22.0. The number of carbonyl (C=O) groups is 2. The third kappa shape index (κ3) is 6.38. The molecule has 0 aliphatic carbocycles. The van der Waals surface area contributed by atoms with E-state index in [1.807, 2.05) is 5.48 Å². The number of nitrogens with two attached hydrogens (primary N) is 1. The molecule has 1 aliphatic rings. The molecule has 1 unspecified atom stereocenters. The Hall–Kier alpha value is -2.33. The number of hydrogen-bond acceptors (Lipinski definition) is 8. The minimum absolute atomic E-state index is 0.250. The van der Waals surface area contributed by atoms with Crippen LogP contribution in [0.3, 0.4) is 0 Å². The van der Waals surface area contributed by atoms with Crippen molar-refractivity contribution >= 4 is 22.3 Å². The second-order valence-corrected chi connectivity index (χ2v) is 6.86. The Labute approximate surface area is 157 Å². The topological polar surface area (TPSA) is 173 Å². The van der Waals surface area contributed by atoms with E-state index in [1.165, 1.54) is 11.7 Å². The molecular weight excluding hydrogens is 410 g/mol. The summed E-state index contributed by atoms with van der Waals surface area (Å²) in [6.07, 6.45) is -0.422.